The molecule has 1 aromatic heterocycles. The molecule has 0 atom stereocenters. The van der Waals surface area contributed by atoms with Gasteiger partial charge in [0.25, 0.3) is 15.9 Å². The minimum Gasteiger partial charge on any atom is -0.482 e. The Hall–Kier alpha value is -2.91. The maximum Gasteiger partial charge on any atom is 0.265 e. The van der Waals surface area contributed by atoms with Crippen LogP contribution < -0.4 is 14.4 Å². The number of anilines is 2. The number of fused-ring (bicyclic) bond motifs is 1. The zero-order valence-electron chi connectivity index (χ0n) is 15.0. The second-order valence-corrected chi connectivity index (χ2v) is 8.61. The summed E-state index contributed by atoms with van der Waals surface area (Å²) in [4.78, 5) is 18.3. The van der Waals surface area contributed by atoms with E-state index in [4.69, 9.17) is 4.74 Å². The zero-order chi connectivity index (χ0) is 19.7. The first kappa shape index (κ1) is 18.5. The SMILES string of the molecule is CCN1C(=O)COc2ccc(-c3csc(NS(=O)(=O)c4ccccc4)n3)cc21. The van der Waals surface area contributed by atoms with Gasteiger partial charge < -0.3 is 9.64 Å². The highest BCUT2D eigenvalue weighted by Gasteiger charge is 2.25. The van der Waals surface area contributed by atoms with Crippen molar-refractivity contribution in [2.24, 2.45) is 0 Å². The Balaban J connectivity index is 1.62. The van der Waals surface area contributed by atoms with Crippen molar-refractivity contribution >= 4 is 38.1 Å². The molecule has 0 aliphatic carbocycles. The first-order chi connectivity index (χ1) is 13.5. The molecular weight excluding hydrogens is 398 g/mol. The minimum absolute atomic E-state index is 0.0301. The van der Waals surface area contributed by atoms with Gasteiger partial charge in [0.05, 0.1) is 16.3 Å². The van der Waals surface area contributed by atoms with Gasteiger partial charge in [-0.2, -0.15) is 0 Å². The molecule has 0 radical (unpaired) electrons. The largest absolute Gasteiger partial charge is 0.482 e. The van der Waals surface area contributed by atoms with Gasteiger partial charge in [-0.1, -0.05) is 18.2 Å². The Kier molecular flexibility index (Phi) is 4.78. The molecule has 1 amide bonds. The molecule has 4 rings (SSSR count). The number of aromatic nitrogens is 1. The van der Waals surface area contributed by atoms with Crippen LogP contribution in [0.2, 0.25) is 0 Å². The molecule has 7 nitrogen and oxygen atoms in total. The number of likely N-dealkylation sites (N-methyl/N-ethyl adjacent to an activating group) is 1. The number of hydrogen-bond acceptors (Lipinski definition) is 6. The summed E-state index contributed by atoms with van der Waals surface area (Å²) >= 11 is 1.20. The number of amides is 1. The van der Waals surface area contributed by atoms with E-state index in [1.54, 1.807) is 34.5 Å². The Morgan fingerprint density at radius 1 is 1.21 bits per heavy atom. The molecule has 144 valence electrons. The van der Waals surface area contributed by atoms with Gasteiger partial charge in [0, 0.05) is 17.5 Å². The summed E-state index contributed by atoms with van der Waals surface area (Å²) < 4.78 is 32.9. The first-order valence-corrected chi connectivity index (χ1v) is 10.9. The van der Waals surface area contributed by atoms with Crippen molar-refractivity contribution < 1.29 is 17.9 Å². The van der Waals surface area contributed by atoms with Gasteiger partial charge in [-0.05, 0) is 37.3 Å². The van der Waals surface area contributed by atoms with Crippen LogP contribution in [0.3, 0.4) is 0 Å². The van der Waals surface area contributed by atoms with Crippen LogP contribution >= 0.6 is 11.3 Å². The van der Waals surface area contributed by atoms with Gasteiger partial charge in [0.2, 0.25) is 0 Å². The summed E-state index contributed by atoms with van der Waals surface area (Å²) in [5, 5.41) is 2.04. The van der Waals surface area contributed by atoms with Crippen molar-refractivity contribution in [2.75, 3.05) is 22.8 Å². The molecule has 0 spiro atoms. The summed E-state index contributed by atoms with van der Waals surface area (Å²) in [6.45, 7) is 2.47. The van der Waals surface area contributed by atoms with Gasteiger partial charge in [0.1, 0.15) is 5.75 Å². The number of thiazole rings is 1. The van der Waals surface area contributed by atoms with E-state index >= 15 is 0 Å². The Bertz CT molecular complexity index is 1130. The maximum absolute atomic E-state index is 12.5. The fraction of sp³-hybridized carbons (Fsp3) is 0.158. The molecular formula is C19H17N3O4S2. The number of hydrogen-bond donors (Lipinski definition) is 1. The van der Waals surface area contributed by atoms with E-state index in [-0.39, 0.29) is 22.5 Å². The molecule has 1 aliphatic rings. The summed E-state index contributed by atoms with van der Waals surface area (Å²) in [7, 11) is -3.69. The van der Waals surface area contributed by atoms with Crippen LogP contribution in [0.1, 0.15) is 6.92 Å². The van der Waals surface area contributed by atoms with Crippen molar-refractivity contribution in [3.8, 4) is 17.0 Å². The number of ether oxygens (including phenoxy) is 1. The Morgan fingerprint density at radius 3 is 2.75 bits per heavy atom. The number of nitrogens with one attached hydrogen (secondary N) is 1. The quantitative estimate of drug-likeness (QED) is 0.690. The lowest BCUT2D eigenvalue weighted by atomic mass is 10.1. The van der Waals surface area contributed by atoms with Crippen LogP contribution in [-0.4, -0.2) is 32.5 Å². The van der Waals surface area contributed by atoms with Crippen molar-refractivity contribution in [1.29, 1.82) is 0 Å². The summed E-state index contributed by atoms with van der Waals surface area (Å²) in [6.07, 6.45) is 0. The van der Waals surface area contributed by atoms with E-state index < -0.39 is 10.0 Å². The zero-order valence-corrected chi connectivity index (χ0v) is 16.6. The van der Waals surface area contributed by atoms with E-state index in [9.17, 15) is 13.2 Å². The van der Waals surface area contributed by atoms with Crippen molar-refractivity contribution in [1.82, 2.24) is 4.98 Å². The number of nitrogens with zero attached hydrogens (tertiary/aromatic N) is 2. The predicted molar refractivity (Wildman–Crippen MR) is 108 cm³/mol. The smallest absolute Gasteiger partial charge is 0.265 e. The third-order valence-corrected chi connectivity index (χ3v) is 6.54. The molecule has 0 saturated heterocycles. The van der Waals surface area contributed by atoms with E-state index in [1.165, 1.54) is 23.5 Å². The second kappa shape index (κ2) is 7.25. The van der Waals surface area contributed by atoms with E-state index in [1.807, 2.05) is 19.1 Å². The highest BCUT2D eigenvalue weighted by molar-refractivity contribution is 7.93. The molecule has 0 bridgehead atoms. The Morgan fingerprint density at radius 2 is 2.00 bits per heavy atom. The standard InChI is InChI=1S/C19H17N3O4S2/c1-2-22-16-10-13(8-9-17(16)26-11-18(22)23)15-12-27-19(20-15)21-28(24,25)14-6-4-3-5-7-14/h3-10,12H,2,11H2,1H3,(H,20,21). The summed E-state index contributed by atoms with van der Waals surface area (Å²) in [5.74, 6) is 0.548. The van der Waals surface area contributed by atoms with Crippen LogP contribution in [0, 0.1) is 0 Å². The number of benzene rings is 2. The van der Waals surface area contributed by atoms with Crippen molar-refractivity contribution in [3.05, 3.63) is 53.9 Å². The normalized spacial score (nSPS) is 13.8. The van der Waals surface area contributed by atoms with Gasteiger partial charge in [-0.3, -0.25) is 9.52 Å². The fourth-order valence-corrected chi connectivity index (χ4v) is 4.93. The van der Waals surface area contributed by atoms with Gasteiger partial charge in [-0.15, -0.1) is 11.3 Å². The minimum atomic E-state index is -3.69. The average molecular weight is 415 g/mol. The molecule has 1 aliphatic heterocycles. The van der Waals surface area contributed by atoms with Crippen molar-refractivity contribution in [3.63, 3.8) is 0 Å². The Labute approximate surface area is 166 Å². The molecule has 0 fully saturated rings. The number of carbonyl (C=O) groups excluding carboxylic acids is 1. The van der Waals surface area contributed by atoms with Gasteiger partial charge in [0.15, 0.2) is 11.7 Å². The van der Waals surface area contributed by atoms with Crippen molar-refractivity contribution in [2.45, 2.75) is 11.8 Å². The summed E-state index contributed by atoms with van der Waals surface area (Å²) in [5.41, 5.74) is 2.08. The molecule has 1 N–H and O–H groups in total. The van der Waals surface area contributed by atoms with Crippen LogP contribution in [-0.2, 0) is 14.8 Å². The third kappa shape index (κ3) is 3.46. The average Bonchev–Trinajstić information content (AvgIpc) is 3.16. The highest BCUT2D eigenvalue weighted by Crippen LogP contribution is 2.36. The lowest BCUT2D eigenvalue weighted by molar-refractivity contribution is -0.121. The van der Waals surface area contributed by atoms with Gasteiger partial charge in [-0.25, -0.2) is 13.4 Å². The molecule has 0 saturated carbocycles. The number of rotatable bonds is 5. The van der Waals surface area contributed by atoms with Gasteiger partial charge >= 0.3 is 0 Å². The molecule has 0 unspecified atom stereocenters. The molecule has 2 aromatic carbocycles. The molecule has 2 heterocycles. The lowest BCUT2D eigenvalue weighted by Crippen LogP contribution is -2.38. The summed E-state index contributed by atoms with van der Waals surface area (Å²) in [6, 6.07) is 13.6. The first-order valence-electron chi connectivity index (χ1n) is 8.59. The fourth-order valence-electron chi connectivity index (χ4n) is 2.93. The lowest BCUT2D eigenvalue weighted by Gasteiger charge is -2.28. The van der Waals surface area contributed by atoms with Crippen LogP contribution in [0.15, 0.2) is 58.8 Å². The molecule has 9 heteroatoms. The monoisotopic (exact) mass is 415 g/mol. The molecule has 28 heavy (non-hydrogen) atoms. The number of sulfonamides is 1. The topological polar surface area (TPSA) is 88.6 Å². The maximum atomic E-state index is 12.5. The van der Waals surface area contributed by atoms with E-state index in [2.05, 4.69) is 9.71 Å². The van der Waals surface area contributed by atoms with Crippen LogP contribution in [0.25, 0.3) is 11.3 Å². The predicted octanol–water partition coefficient (Wildman–Crippen LogP) is 3.36. The highest BCUT2D eigenvalue weighted by atomic mass is 32.2. The van der Waals surface area contributed by atoms with Crippen LogP contribution in [0.4, 0.5) is 10.8 Å². The molecule has 3 aromatic rings. The van der Waals surface area contributed by atoms with E-state index in [0.29, 0.717) is 23.7 Å². The number of carbonyl (C=O) groups is 1. The van der Waals surface area contributed by atoms with Crippen LogP contribution in [0.5, 0.6) is 5.75 Å². The van der Waals surface area contributed by atoms with E-state index in [0.717, 1.165) is 5.56 Å². The third-order valence-electron chi connectivity index (χ3n) is 4.29. The second-order valence-electron chi connectivity index (χ2n) is 6.07.